The number of primary amides is 1. The second-order valence-electron chi connectivity index (χ2n) is 4.72. The van der Waals surface area contributed by atoms with Crippen molar-refractivity contribution in [3.63, 3.8) is 0 Å². The first-order valence-electron chi connectivity index (χ1n) is 5.35. The van der Waals surface area contributed by atoms with Gasteiger partial charge in [0.1, 0.15) is 5.60 Å². The Morgan fingerprint density at radius 3 is 2.81 bits per heavy atom. The number of aromatic nitrogens is 2. The number of amides is 1. The van der Waals surface area contributed by atoms with E-state index in [1.165, 1.54) is 0 Å². The summed E-state index contributed by atoms with van der Waals surface area (Å²) in [5, 5.41) is 4.13. The molecule has 1 amide bonds. The first-order chi connectivity index (χ1) is 7.39. The Labute approximate surface area is 95.6 Å². The molecular formula is C11H19N3O2. The van der Waals surface area contributed by atoms with Crippen LogP contribution in [0.15, 0.2) is 18.5 Å². The molecule has 1 aromatic rings. The highest BCUT2D eigenvalue weighted by Gasteiger charge is 2.24. The van der Waals surface area contributed by atoms with Crippen LogP contribution < -0.4 is 5.73 Å². The van der Waals surface area contributed by atoms with Crippen molar-refractivity contribution in [2.24, 2.45) is 11.7 Å². The monoisotopic (exact) mass is 225 g/mol. The molecule has 0 fully saturated rings. The van der Waals surface area contributed by atoms with Gasteiger partial charge in [0, 0.05) is 18.9 Å². The number of rotatable bonds is 5. The average Bonchev–Trinajstić information content (AvgIpc) is 2.51. The molecule has 0 aliphatic heterocycles. The lowest BCUT2D eigenvalue weighted by molar-refractivity contribution is 0.0262. The molecule has 90 valence electrons. The third-order valence-electron chi connectivity index (χ3n) is 2.27. The van der Waals surface area contributed by atoms with Gasteiger partial charge >= 0.3 is 6.09 Å². The summed E-state index contributed by atoms with van der Waals surface area (Å²) in [5.74, 6) is 0.356. The Hall–Kier alpha value is -1.52. The number of nitrogens with zero attached hydrogens (tertiary/aromatic N) is 2. The number of carbonyl (C=O) groups is 1. The van der Waals surface area contributed by atoms with Gasteiger partial charge < -0.3 is 10.5 Å². The summed E-state index contributed by atoms with van der Waals surface area (Å²) in [4.78, 5) is 10.7. The third kappa shape index (κ3) is 4.33. The van der Waals surface area contributed by atoms with Crippen molar-refractivity contribution in [3.05, 3.63) is 18.5 Å². The molecule has 0 radical (unpaired) electrons. The highest BCUT2D eigenvalue weighted by atomic mass is 16.6. The molecule has 0 bridgehead atoms. The lowest BCUT2D eigenvalue weighted by Gasteiger charge is -2.27. The maximum absolute atomic E-state index is 10.7. The zero-order valence-electron chi connectivity index (χ0n) is 10.0. The molecule has 0 aliphatic carbocycles. The molecule has 2 N–H and O–H groups in total. The van der Waals surface area contributed by atoms with E-state index < -0.39 is 11.7 Å². The molecule has 0 aromatic carbocycles. The summed E-state index contributed by atoms with van der Waals surface area (Å²) in [6.07, 6.45) is 3.68. The van der Waals surface area contributed by atoms with Crippen molar-refractivity contribution >= 4 is 6.09 Å². The Morgan fingerprint density at radius 2 is 2.31 bits per heavy atom. The second kappa shape index (κ2) is 5.01. The van der Waals surface area contributed by atoms with Crippen LogP contribution in [0.25, 0.3) is 0 Å². The van der Waals surface area contributed by atoms with Gasteiger partial charge in [-0.25, -0.2) is 4.79 Å². The predicted molar refractivity (Wildman–Crippen MR) is 60.8 cm³/mol. The quantitative estimate of drug-likeness (QED) is 0.830. The first-order valence-corrected chi connectivity index (χ1v) is 5.35. The summed E-state index contributed by atoms with van der Waals surface area (Å²) in [5.41, 5.74) is 4.48. The van der Waals surface area contributed by atoms with Gasteiger partial charge in [-0.15, -0.1) is 0 Å². The first kappa shape index (κ1) is 12.5. The molecular weight excluding hydrogens is 206 g/mol. The Bertz CT molecular complexity index is 333. The fourth-order valence-electron chi connectivity index (χ4n) is 1.95. The van der Waals surface area contributed by atoms with Crippen molar-refractivity contribution in [1.82, 2.24) is 9.78 Å². The lowest BCUT2D eigenvalue weighted by Crippen LogP contribution is -2.33. The van der Waals surface area contributed by atoms with E-state index in [0.29, 0.717) is 5.92 Å². The van der Waals surface area contributed by atoms with Crippen molar-refractivity contribution in [2.45, 2.75) is 39.3 Å². The van der Waals surface area contributed by atoms with Crippen LogP contribution in [-0.2, 0) is 11.3 Å². The molecule has 16 heavy (non-hydrogen) atoms. The minimum Gasteiger partial charge on any atom is -0.444 e. The van der Waals surface area contributed by atoms with Gasteiger partial charge in [-0.05, 0) is 32.3 Å². The number of nitrogens with two attached hydrogens (primary N) is 1. The number of carbonyl (C=O) groups excluding carboxylic acids is 1. The maximum atomic E-state index is 10.7. The van der Waals surface area contributed by atoms with Crippen LogP contribution in [0.2, 0.25) is 0 Å². The molecule has 1 heterocycles. The van der Waals surface area contributed by atoms with Crippen LogP contribution in [0.4, 0.5) is 4.79 Å². The number of hydrogen-bond donors (Lipinski definition) is 1. The Balaban J connectivity index is 2.44. The van der Waals surface area contributed by atoms with E-state index in [-0.39, 0.29) is 0 Å². The molecule has 1 atom stereocenters. The highest BCUT2D eigenvalue weighted by Crippen LogP contribution is 2.21. The van der Waals surface area contributed by atoms with Gasteiger partial charge in [-0.2, -0.15) is 5.10 Å². The van der Waals surface area contributed by atoms with Gasteiger partial charge in [0.25, 0.3) is 0 Å². The van der Waals surface area contributed by atoms with E-state index >= 15 is 0 Å². The van der Waals surface area contributed by atoms with Gasteiger partial charge in [0.05, 0.1) is 0 Å². The molecule has 0 saturated carbocycles. The Morgan fingerprint density at radius 1 is 1.62 bits per heavy atom. The van der Waals surface area contributed by atoms with Crippen LogP contribution >= 0.6 is 0 Å². The second-order valence-corrected chi connectivity index (χ2v) is 4.72. The zero-order chi connectivity index (χ0) is 12.2. The predicted octanol–water partition coefficient (Wildman–Crippen LogP) is 1.78. The fraction of sp³-hybridized carbons (Fsp3) is 0.636. The van der Waals surface area contributed by atoms with E-state index in [1.807, 2.05) is 30.8 Å². The van der Waals surface area contributed by atoms with E-state index in [1.54, 1.807) is 6.20 Å². The summed E-state index contributed by atoms with van der Waals surface area (Å²) in [6, 6.07) is 1.89. The molecule has 0 aliphatic rings. The van der Waals surface area contributed by atoms with Crippen molar-refractivity contribution < 1.29 is 9.53 Å². The van der Waals surface area contributed by atoms with Crippen LogP contribution in [0.1, 0.15) is 27.2 Å². The van der Waals surface area contributed by atoms with Crippen molar-refractivity contribution in [2.75, 3.05) is 0 Å². The van der Waals surface area contributed by atoms with Gasteiger partial charge in [-0.1, -0.05) is 6.92 Å². The van der Waals surface area contributed by atoms with Crippen LogP contribution in [-0.4, -0.2) is 21.5 Å². The van der Waals surface area contributed by atoms with Crippen LogP contribution in [0, 0.1) is 5.92 Å². The van der Waals surface area contributed by atoms with E-state index in [0.717, 1.165) is 13.0 Å². The topological polar surface area (TPSA) is 70.1 Å². The minimum absolute atomic E-state index is 0.356. The van der Waals surface area contributed by atoms with Crippen LogP contribution in [0.3, 0.4) is 0 Å². The molecule has 0 saturated heterocycles. The smallest absolute Gasteiger partial charge is 0.405 e. The summed E-state index contributed by atoms with van der Waals surface area (Å²) >= 11 is 0. The van der Waals surface area contributed by atoms with E-state index in [2.05, 4.69) is 12.0 Å². The van der Waals surface area contributed by atoms with E-state index in [9.17, 15) is 4.79 Å². The maximum Gasteiger partial charge on any atom is 0.405 e. The van der Waals surface area contributed by atoms with E-state index in [4.69, 9.17) is 10.5 Å². The van der Waals surface area contributed by atoms with Crippen molar-refractivity contribution in [3.8, 4) is 0 Å². The molecule has 5 nitrogen and oxygen atoms in total. The summed E-state index contributed by atoms with van der Waals surface area (Å²) in [6.45, 7) is 6.61. The van der Waals surface area contributed by atoms with Crippen LogP contribution in [0.5, 0.6) is 0 Å². The summed E-state index contributed by atoms with van der Waals surface area (Å²) < 4.78 is 6.90. The minimum atomic E-state index is -0.726. The van der Waals surface area contributed by atoms with Gasteiger partial charge in [-0.3, -0.25) is 4.68 Å². The number of hydrogen-bond acceptors (Lipinski definition) is 3. The Kier molecular flexibility index (Phi) is 3.93. The highest BCUT2D eigenvalue weighted by molar-refractivity contribution is 5.65. The van der Waals surface area contributed by atoms with Gasteiger partial charge in [0.15, 0.2) is 0 Å². The third-order valence-corrected chi connectivity index (χ3v) is 2.27. The zero-order valence-corrected chi connectivity index (χ0v) is 10.0. The molecule has 5 heteroatoms. The molecule has 1 aromatic heterocycles. The number of ether oxygens (including phenoxy) is 1. The van der Waals surface area contributed by atoms with Gasteiger partial charge in [0.2, 0.25) is 0 Å². The normalized spacial score (nSPS) is 13.4. The largest absolute Gasteiger partial charge is 0.444 e. The summed E-state index contributed by atoms with van der Waals surface area (Å²) in [7, 11) is 0. The lowest BCUT2D eigenvalue weighted by atomic mass is 9.94. The standard InChI is InChI=1S/C11H19N3O2/c1-9(8-14-6-4-5-13-14)7-11(2,3)16-10(12)15/h4-6,9H,7-8H2,1-3H3,(H2,12,15). The average molecular weight is 225 g/mol. The molecule has 1 unspecified atom stereocenters. The van der Waals surface area contributed by atoms with Crippen molar-refractivity contribution in [1.29, 1.82) is 0 Å². The SMILES string of the molecule is CC(Cn1cccn1)CC(C)(C)OC(N)=O. The molecule has 1 rings (SSSR count). The molecule has 0 spiro atoms. The fourth-order valence-corrected chi connectivity index (χ4v) is 1.95.